The molecule has 1 aliphatic carbocycles. The first-order chi connectivity index (χ1) is 7.68. The number of allylic oxidation sites excluding steroid dienone is 2. The highest BCUT2D eigenvalue weighted by Gasteiger charge is 2.33. The smallest absolute Gasteiger partial charge is 0.308 e. The molecule has 1 heterocycles. The van der Waals surface area contributed by atoms with E-state index in [2.05, 4.69) is 12.2 Å². The van der Waals surface area contributed by atoms with Gasteiger partial charge in [0.25, 0.3) is 0 Å². The molecule has 1 aliphatic heterocycles. The summed E-state index contributed by atoms with van der Waals surface area (Å²) in [5, 5.41) is 8.87. The van der Waals surface area contributed by atoms with Gasteiger partial charge in [-0.05, 0) is 25.7 Å². The zero-order valence-electron chi connectivity index (χ0n) is 9.26. The number of carbonyl (C=O) groups excluding carboxylic acids is 1. The topological polar surface area (TPSA) is 57.6 Å². The predicted octanol–water partition coefficient (Wildman–Crippen LogP) is 1.28. The van der Waals surface area contributed by atoms with Crippen molar-refractivity contribution in [2.45, 2.75) is 25.7 Å². The number of rotatable bonds is 2. The third-order valence-corrected chi connectivity index (χ3v) is 3.47. The Morgan fingerprint density at radius 1 is 1.19 bits per heavy atom. The van der Waals surface area contributed by atoms with Gasteiger partial charge in [0.15, 0.2) is 0 Å². The number of nitrogens with zero attached hydrogens (tertiary/aromatic N) is 1. The molecular weight excluding hydrogens is 206 g/mol. The molecule has 0 radical (unpaired) electrons. The molecule has 4 nitrogen and oxygen atoms in total. The van der Waals surface area contributed by atoms with Crippen molar-refractivity contribution >= 4 is 11.9 Å². The van der Waals surface area contributed by atoms with Crippen LogP contribution in [-0.2, 0) is 9.59 Å². The van der Waals surface area contributed by atoms with Gasteiger partial charge < -0.3 is 10.0 Å². The van der Waals surface area contributed by atoms with E-state index in [4.69, 9.17) is 5.11 Å². The van der Waals surface area contributed by atoms with Crippen LogP contribution in [0.4, 0.5) is 0 Å². The first-order valence-corrected chi connectivity index (χ1v) is 5.85. The Morgan fingerprint density at radius 2 is 2.00 bits per heavy atom. The van der Waals surface area contributed by atoms with Crippen LogP contribution in [0.25, 0.3) is 0 Å². The number of carboxylic acid groups (broad SMARTS) is 1. The maximum Gasteiger partial charge on any atom is 0.308 e. The third kappa shape index (κ3) is 2.26. The van der Waals surface area contributed by atoms with E-state index in [1.54, 1.807) is 4.90 Å². The summed E-state index contributed by atoms with van der Waals surface area (Å²) in [5.41, 5.74) is 0. The normalized spacial score (nSPS) is 29.4. The Kier molecular flexibility index (Phi) is 3.27. The fourth-order valence-electron chi connectivity index (χ4n) is 2.44. The van der Waals surface area contributed by atoms with Crippen molar-refractivity contribution in [2.75, 3.05) is 13.1 Å². The van der Waals surface area contributed by atoms with Gasteiger partial charge in [0.05, 0.1) is 5.92 Å². The molecule has 2 aliphatic rings. The van der Waals surface area contributed by atoms with E-state index >= 15 is 0 Å². The number of hydrogen-bond acceptors (Lipinski definition) is 2. The SMILES string of the molecule is O=C(O)[C@H]1CCN(C(=O)[C@@H]2CC=CCC2)C1. The first kappa shape index (κ1) is 11.2. The van der Waals surface area contributed by atoms with Gasteiger partial charge in [0, 0.05) is 19.0 Å². The standard InChI is InChI=1S/C12H17NO3/c14-11(9-4-2-1-3-5-9)13-7-6-10(8-13)12(15)16/h1-2,9-10H,3-8H2,(H,15,16)/t9-,10+/m1/s1. The number of carbonyl (C=O) groups is 2. The lowest BCUT2D eigenvalue weighted by molar-refractivity contribution is -0.141. The van der Waals surface area contributed by atoms with Gasteiger partial charge in [-0.3, -0.25) is 9.59 Å². The number of hydrogen-bond donors (Lipinski definition) is 1. The molecule has 0 saturated carbocycles. The maximum absolute atomic E-state index is 12.1. The Balaban J connectivity index is 1.91. The van der Waals surface area contributed by atoms with Crippen LogP contribution in [-0.4, -0.2) is 35.0 Å². The van der Waals surface area contributed by atoms with Gasteiger partial charge in [-0.15, -0.1) is 0 Å². The number of carboxylic acids is 1. The van der Waals surface area contributed by atoms with Crippen molar-refractivity contribution in [1.82, 2.24) is 4.90 Å². The molecular formula is C12H17NO3. The molecule has 1 amide bonds. The van der Waals surface area contributed by atoms with Gasteiger partial charge in [-0.1, -0.05) is 12.2 Å². The van der Waals surface area contributed by atoms with Crippen LogP contribution in [0, 0.1) is 11.8 Å². The maximum atomic E-state index is 12.1. The highest BCUT2D eigenvalue weighted by atomic mass is 16.4. The van der Waals surface area contributed by atoms with Crippen LogP contribution in [0.15, 0.2) is 12.2 Å². The lowest BCUT2D eigenvalue weighted by Crippen LogP contribution is -2.35. The summed E-state index contributed by atoms with van der Waals surface area (Å²) >= 11 is 0. The molecule has 1 fully saturated rings. The zero-order chi connectivity index (χ0) is 11.5. The van der Waals surface area contributed by atoms with Crippen LogP contribution < -0.4 is 0 Å². The monoisotopic (exact) mass is 223 g/mol. The van der Waals surface area contributed by atoms with Crippen molar-refractivity contribution < 1.29 is 14.7 Å². The van der Waals surface area contributed by atoms with E-state index in [9.17, 15) is 9.59 Å². The first-order valence-electron chi connectivity index (χ1n) is 5.85. The van der Waals surface area contributed by atoms with Gasteiger partial charge >= 0.3 is 5.97 Å². The van der Waals surface area contributed by atoms with E-state index in [0.717, 1.165) is 19.3 Å². The average molecular weight is 223 g/mol. The average Bonchev–Trinajstić information content (AvgIpc) is 2.78. The Morgan fingerprint density at radius 3 is 2.56 bits per heavy atom. The highest BCUT2D eigenvalue weighted by Crippen LogP contribution is 2.24. The number of amides is 1. The molecule has 88 valence electrons. The number of aliphatic carboxylic acids is 1. The molecule has 1 saturated heterocycles. The summed E-state index contributed by atoms with van der Waals surface area (Å²) in [5.74, 6) is -0.910. The van der Waals surface area contributed by atoms with Gasteiger partial charge in [-0.25, -0.2) is 0 Å². The summed E-state index contributed by atoms with van der Waals surface area (Å²) in [6, 6.07) is 0. The third-order valence-electron chi connectivity index (χ3n) is 3.47. The second-order valence-electron chi connectivity index (χ2n) is 4.59. The van der Waals surface area contributed by atoms with Gasteiger partial charge in [0.2, 0.25) is 5.91 Å². The molecule has 2 atom stereocenters. The second kappa shape index (κ2) is 4.68. The summed E-state index contributed by atoms with van der Waals surface area (Å²) in [6.07, 6.45) is 7.44. The largest absolute Gasteiger partial charge is 0.481 e. The predicted molar refractivity (Wildman–Crippen MR) is 58.8 cm³/mol. The fourth-order valence-corrected chi connectivity index (χ4v) is 2.44. The summed E-state index contributed by atoms with van der Waals surface area (Å²) in [7, 11) is 0. The fraction of sp³-hybridized carbons (Fsp3) is 0.667. The second-order valence-corrected chi connectivity index (χ2v) is 4.59. The van der Waals surface area contributed by atoms with Crippen molar-refractivity contribution in [3.8, 4) is 0 Å². The molecule has 1 N–H and O–H groups in total. The quantitative estimate of drug-likeness (QED) is 0.717. The van der Waals surface area contributed by atoms with E-state index in [1.807, 2.05) is 0 Å². The van der Waals surface area contributed by atoms with Crippen LogP contribution in [0.2, 0.25) is 0 Å². The molecule has 16 heavy (non-hydrogen) atoms. The van der Waals surface area contributed by atoms with Crippen molar-refractivity contribution in [1.29, 1.82) is 0 Å². The van der Waals surface area contributed by atoms with E-state index < -0.39 is 5.97 Å². The highest BCUT2D eigenvalue weighted by molar-refractivity contribution is 5.81. The van der Waals surface area contributed by atoms with E-state index in [-0.39, 0.29) is 17.7 Å². The molecule has 0 unspecified atom stereocenters. The van der Waals surface area contributed by atoms with Gasteiger partial charge in [0.1, 0.15) is 0 Å². The van der Waals surface area contributed by atoms with E-state index in [0.29, 0.717) is 19.5 Å². The zero-order valence-corrected chi connectivity index (χ0v) is 9.26. The molecule has 2 rings (SSSR count). The van der Waals surface area contributed by atoms with Crippen LogP contribution in [0.3, 0.4) is 0 Å². The Bertz CT molecular complexity index is 324. The summed E-state index contributed by atoms with van der Waals surface area (Å²) in [6.45, 7) is 1.00. The lowest BCUT2D eigenvalue weighted by Gasteiger charge is -2.23. The van der Waals surface area contributed by atoms with E-state index in [1.165, 1.54) is 0 Å². The molecule has 0 bridgehead atoms. The van der Waals surface area contributed by atoms with Gasteiger partial charge in [-0.2, -0.15) is 0 Å². The molecule has 0 aromatic carbocycles. The Hall–Kier alpha value is -1.32. The molecule has 0 aromatic heterocycles. The minimum Gasteiger partial charge on any atom is -0.481 e. The molecule has 0 spiro atoms. The summed E-state index contributed by atoms with van der Waals surface area (Å²) < 4.78 is 0. The minimum absolute atomic E-state index is 0.0811. The van der Waals surface area contributed by atoms with Crippen molar-refractivity contribution in [3.63, 3.8) is 0 Å². The van der Waals surface area contributed by atoms with Crippen LogP contribution in [0.1, 0.15) is 25.7 Å². The molecule has 0 aromatic rings. The summed E-state index contributed by atoms with van der Waals surface area (Å²) in [4.78, 5) is 24.6. The molecule has 4 heteroatoms. The van der Waals surface area contributed by atoms with Crippen molar-refractivity contribution in [2.24, 2.45) is 11.8 Å². The van der Waals surface area contributed by atoms with Crippen LogP contribution >= 0.6 is 0 Å². The Labute approximate surface area is 94.9 Å². The number of likely N-dealkylation sites (tertiary alicyclic amines) is 1. The van der Waals surface area contributed by atoms with Crippen molar-refractivity contribution in [3.05, 3.63) is 12.2 Å². The lowest BCUT2D eigenvalue weighted by atomic mass is 9.93. The minimum atomic E-state index is -0.779. The van der Waals surface area contributed by atoms with Crippen LogP contribution in [0.5, 0.6) is 0 Å².